The van der Waals surface area contributed by atoms with Crippen LogP contribution in [0.4, 0.5) is 0 Å². The van der Waals surface area contributed by atoms with Gasteiger partial charge in [-0.2, -0.15) is 0 Å². The van der Waals surface area contributed by atoms with Crippen molar-refractivity contribution in [2.45, 2.75) is 26.2 Å². The smallest absolute Gasteiger partial charge is 0.352 e. The van der Waals surface area contributed by atoms with Gasteiger partial charge < -0.3 is 10.8 Å². The van der Waals surface area contributed by atoms with Crippen molar-refractivity contribution in [3.8, 4) is 0 Å². The molecule has 1 rings (SSSR count). The Labute approximate surface area is 87.7 Å². The number of aliphatic carboxylic acids is 1. The van der Waals surface area contributed by atoms with Crippen LogP contribution in [-0.4, -0.2) is 29.1 Å². The molecule has 0 radical (unpaired) electrons. The number of allylic oxidation sites excluding steroid dienone is 1. The van der Waals surface area contributed by atoms with Gasteiger partial charge in [-0.25, -0.2) is 4.79 Å². The number of carbonyl (C=O) groups is 2. The molecule has 82 valence electrons. The summed E-state index contributed by atoms with van der Waals surface area (Å²) in [6.07, 6.45) is 2.19. The van der Waals surface area contributed by atoms with Crippen molar-refractivity contribution in [1.29, 1.82) is 0 Å². The van der Waals surface area contributed by atoms with Gasteiger partial charge in [0, 0.05) is 11.3 Å². The van der Waals surface area contributed by atoms with Crippen LogP contribution in [-0.2, 0) is 9.59 Å². The molecule has 15 heavy (non-hydrogen) atoms. The van der Waals surface area contributed by atoms with Crippen molar-refractivity contribution < 1.29 is 14.7 Å². The average Bonchev–Trinajstić information content (AvgIpc) is 2.60. The van der Waals surface area contributed by atoms with Gasteiger partial charge >= 0.3 is 5.97 Å². The zero-order valence-electron chi connectivity index (χ0n) is 8.62. The Bertz CT molecular complexity index is 356. The number of hydrogen-bond donors (Lipinski definition) is 2. The monoisotopic (exact) mass is 210 g/mol. The normalized spacial score (nSPS) is 21.8. The highest BCUT2D eigenvalue weighted by molar-refractivity contribution is 6.08. The summed E-state index contributed by atoms with van der Waals surface area (Å²) in [5.74, 6) is -1.16. The zero-order chi connectivity index (χ0) is 11.4. The van der Waals surface area contributed by atoms with Crippen molar-refractivity contribution in [1.82, 2.24) is 0 Å². The van der Waals surface area contributed by atoms with Crippen molar-refractivity contribution in [2.24, 2.45) is 10.7 Å². The maximum absolute atomic E-state index is 10.7. The Kier molecular flexibility index (Phi) is 3.60. The molecule has 0 aliphatic heterocycles. The topological polar surface area (TPSA) is 92.8 Å². The van der Waals surface area contributed by atoms with E-state index >= 15 is 0 Å². The lowest BCUT2D eigenvalue weighted by Crippen LogP contribution is -2.16. The van der Waals surface area contributed by atoms with Crippen LogP contribution >= 0.6 is 0 Å². The standard InChI is InChI=1S/C10H14N2O3/c1-6(13)5-12-8-4-2-3-7(8)9(11)10(14)15/h2-5,11H2,1H3,(H,14,15)/b9-7-,12-8?. The Balaban J connectivity index is 2.91. The summed E-state index contributed by atoms with van der Waals surface area (Å²) in [4.78, 5) is 25.5. The number of rotatable bonds is 3. The van der Waals surface area contributed by atoms with Crippen LogP contribution in [0, 0.1) is 0 Å². The number of carboxylic acid groups (broad SMARTS) is 1. The van der Waals surface area contributed by atoms with E-state index in [0.29, 0.717) is 24.1 Å². The molecule has 0 unspecified atom stereocenters. The van der Waals surface area contributed by atoms with Crippen molar-refractivity contribution >= 4 is 17.5 Å². The molecule has 0 atom stereocenters. The molecule has 1 aliphatic rings. The molecule has 1 saturated carbocycles. The molecule has 0 aromatic heterocycles. The Morgan fingerprint density at radius 2 is 2.13 bits per heavy atom. The highest BCUT2D eigenvalue weighted by Crippen LogP contribution is 2.23. The van der Waals surface area contributed by atoms with Crippen molar-refractivity contribution in [3.05, 3.63) is 11.3 Å². The molecule has 3 N–H and O–H groups in total. The molecular weight excluding hydrogens is 196 g/mol. The van der Waals surface area contributed by atoms with Gasteiger partial charge in [0.25, 0.3) is 0 Å². The Morgan fingerprint density at radius 3 is 2.67 bits per heavy atom. The van der Waals surface area contributed by atoms with Crippen LogP contribution in [0.25, 0.3) is 0 Å². The summed E-state index contributed by atoms with van der Waals surface area (Å²) in [6, 6.07) is 0. The SMILES string of the molecule is CC(=O)CN=C1CCC/C1=C(/N)C(=O)O. The van der Waals surface area contributed by atoms with E-state index in [0.717, 1.165) is 6.42 Å². The first-order valence-corrected chi connectivity index (χ1v) is 4.77. The highest BCUT2D eigenvalue weighted by Gasteiger charge is 2.21. The second kappa shape index (κ2) is 4.72. The number of aliphatic imine (C=N–C) groups is 1. The third kappa shape index (κ3) is 2.90. The maximum Gasteiger partial charge on any atom is 0.352 e. The zero-order valence-corrected chi connectivity index (χ0v) is 8.62. The lowest BCUT2D eigenvalue weighted by Gasteiger charge is -2.02. The Morgan fingerprint density at radius 1 is 1.47 bits per heavy atom. The largest absolute Gasteiger partial charge is 0.477 e. The minimum Gasteiger partial charge on any atom is -0.477 e. The number of carboxylic acids is 1. The molecule has 5 heteroatoms. The van der Waals surface area contributed by atoms with Gasteiger partial charge in [0.1, 0.15) is 5.70 Å². The molecule has 0 aromatic carbocycles. The summed E-state index contributed by atoms with van der Waals surface area (Å²) in [5, 5.41) is 8.73. The first-order chi connectivity index (χ1) is 7.02. The summed E-state index contributed by atoms with van der Waals surface area (Å²) in [5.41, 5.74) is 6.55. The fourth-order valence-corrected chi connectivity index (χ4v) is 1.53. The van der Waals surface area contributed by atoms with Crippen LogP contribution in [0.2, 0.25) is 0 Å². The molecule has 1 fully saturated rings. The van der Waals surface area contributed by atoms with Crippen LogP contribution in [0.1, 0.15) is 26.2 Å². The predicted molar refractivity (Wildman–Crippen MR) is 55.7 cm³/mol. The molecular formula is C10H14N2O3. The van der Waals surface area contributed by atoms with E-state index < -0.39 is 5.97 Å². The second-order valence-electron chi connectivity index (χ2n) is 3.52. The summed E-state index contributed by atoms with van der Waals surface area (Å²) in [6.45, 7) is 1.55. The van der Waals surface area contributed by atoms with Gasteiger partial charge in [0.15, 0.2) is 5.78 Å². The highest BCUT2D eigenvalue weighted by atomic mass is 16.4. The summed E-state index contributed by atoms with van der Waals surface area (Å²) in [7, 11) is 0. The number of Topliss-reactive ketones (excluding diaryl/α,β-unsaturated/α-hetero) is 1. The average molecular weight is 210 g/mol. The fraction of sp³-hybridized carbons (Fsp3) is 0.500. The summed E-state index contributed by atoms with van der Waals surface area (Å²) < 4.78 is 0. The van der Waals surface area contributed by atoms with E-state index in [1.165, 1.54) is 6.92 Å². The third-order valence-corrected chi connectivity index (χ3v) is 2.24. The quantitative estimate of drug-likeness (QED) is 0.663. The first kappa shape index (κ1) is 11.4. The molecule has 5 nitrogen and oxygen atoms in total. The van der Waals surface area contributed by atoms with Gasteiger partial charge in [-0.15, -0.1) is 0 Å². The van der Waals surface area contributed by atoms with Gasteiger partial charge in [0.2, 0.25) is 0 Å². The van der Waals surface area contributed by atoms with E-state index in [1.807, 2.05) is 0 Å². The number of nitrogens with two attached hydrogens (primary N) is 1. The van der Waals surface area contributed by atoms with Gasteiger partial charge in [-0.1, -0.05) is 0 Å². The lowest BCUT2D eigenvalue weighted by molar-refractivity contribution is -0.132. The molecule has 0 heterocycles. The fourth-order valence-electron chi connectivity index (χ4n) is 1.53. The van der Waals surface area contributed by atoms with Crippen LogP contribution in [0.3, 0.4) is 0 Å². The van der Waals surface area contributed by atoms with Crippen molar-refractivity contribution in [3.63, 3.8) is 0 Å². The number of nitrogens with zero attached hydrogens (tertiary/aromatic N) is 1. The molecule has 0 amide bonds. The van der Waals surface area contributed by atoms with Crippen LogP contribution < -0.4 is 5.73 Å². The number of ketones is 1. The number of carbonyl (C=O) groups excluding carboxylic acids is 1. The third-order valence-electron chi connectivity index (χ3n) is 2.24. The van der Waals surface area contributed by atoms with E-state index in [9.17, 15) is 9.59 Å². The van der Waals surface area contributed by atoms with E-state index in [2.05, 4.69) is 4.99 Å². The molecule has 0 bridgehead atoms. The lowest BCUT2D eigenvalue weighted by atomic mass is 10.1. The minimum absolute atomic E-state index is 0.0392. The molecule has 1 aliphatic carbocycles. The summed E-state index contributed by atoms with van der Waals surface area (Å²) >= 11 is 0. The molecule has 0 aromatic rings. The Hall–Kier alpha value is -1.65. The molecule has 0 saturated heterocycles. The van der Waals surface area contributed by atoms with E-state index in [1.54, 1.807) is 0 Å². The van der Waals surface area contributed by atoms with E-state index in [4.69, 9.17) is 10.8 Å². The van der Waals surface area contributed by atoms with E-state index in [-0.39, 0.29) is 18.0 Å². The predicted octanol–water partition coefficient (Wildman–Crippen LogP) is 0.498. The maximum atomic E-state index is 10.7. The number of hydrogen-bond acceptors (Lipinski definition) is 4. The first-order valence-electron chi connectivity index (χ1n) is 4.77. The molecule has 0 spiro atoms. The van der Waals surface area contributed by atoms with Gasteiger partial charge in [-0.05, 0) is 26.2 Å². The van der Waals surface area contributed by atoms with Crippen LogP contribution in [0.15, 0.2) is 16.3 Å². The minimum atomic E-state index is -1.12. The van der Waals surface area contributed by atoms with Crippen molar-refractivity contribution in [2.75, 3.05) is 6.54 Å². The van der Waals surface area contributed by atoms with Gasteiger partial charge in [-0.3, -0.25) is 9.79 Å². The second-order valence-corrected chi connectivity index (χ2v) is 3.52. The van der Waals surface area contributed by atoms with Crippen LogP contribution in [0.5, 0.6) is 0 Å². The van der Waals surface area contributed by atoms with Gasteiger partial charge in [0.05, 0.1) is 6.54 Å².